The quantitative estimate of drug-likeness (QED) is 0.799. The second kappa shape index (κ2) is 4.52. The highest BCUT2D eigenvalue weighted by Crippen LogP contribution is 2.33. The number of hydrogen-bond donors (Lipinski definition) is 3. The smallest absolute Gasteiger partial charge is 0.184 e. The van der Waals surface area contributed by atoms with Crippen molar-refractivity contribution < 1.29 is 4.39 Å². The molecule has 106 valence electrons. The zero-order valence-corrected chi connectivity index (χ0v) is 11.7. The number of aromatic amines is 1. The van der Waals surface area contributed by atoms with Crippen molar-refractivity contribution >= 4 is 11.6 Å². The van der Waals surface area contributed by atoms with E-state index in [0.717, 1.165) is 11.3 Å². The lowest BCUT2D eigenvalue weighted by atomic mass is 10.0. The van der Waals surface area contributed by atoms with Gasteiger partial charge >= 0.3 is 0 Å². The van der Waals surface area contributed by atoms with Gasteiger partial charge in [-0.15, -0.1) is 0 Å². The van der Waals surface area contributed by atoms with E-state index in [-0.39, 0.29) is 11.4 Å². The lowest BCUT2D eigenvalue weighted by molar-refractivity contribution is 0.429. The first kappa shape index (κ1) is 13.0. The summed E-state index contributed by atoms with van der Waals surface area (Å²) in [5.41, 5.74) is 1.89. The fourth-order valence-corrected chi connectivity index (χ4v) is 2.33. The summed E-state index contributed by atoms with van der Waals surface area (Å²) in [7, 11) is 0. The Balaban J connectivity index is 1.94. The number of aromatic nitrogens is 4. The molecule has 0 unspecified atom stereocenters. The lowest BCUT2D eigenvalue weighted by Gasteiger charge is -2.16. The van der Waals surface area contributed by atoms with Gasteiger partial charge in [0.15, 0.2) is 17.5 Å². The molecule has 7 heteroatoms. The Morgan fingerprint density at radius 1 is 1.40 bits per heavy atom. The second-order valence-electron chi connectivity index (χ2n) is 5.37. The van der Waals surface area contributed by atoms with E-state index in [1.165, 1.54) is 6.20 Å². The largest absolute Gasteiger partial charge is 0.321 e. The van der Waals surface area contributed by atoms with Gasteiger partial charge in [0, 0.05) is 18.5 Å². The maximum Gasteiger partial charge on any atom is 0.184 e. The number of fused-ring (bicyclic) bond motifs is 1. The van der Waals surface area contributed by atoms with Crippen LogP contribution in [-0.4, -0.2) is 20.2 Å². The van der Waals surface area contributed by atoms with Crippen LogP contribution in [0.3, 0.4) is 0 Å². The van der Waals surface area contributed by atoms with Crippen molar-refractivity contribution in [3.63, 3.8) is 0 Å². The molecule has 3 rings (SSSR count). The van der Waals surface area contributed by atoms with Crippen LogP contribution >= 0.6 is 0 Å². The van der Waals surface area contributed by atoms with Crippen LogP contribution in [0.2, 0.25) is 0 Å². The van der Waals surface area contributed by atoms with E-state index in [2.05, 4.69) is 44.6 Å². The summed E-state index contributed by atoms with van der Waals surface area (Å²) in [6, 6.07) is 0. The normalized spacial score (nSPS) is 16.2. The van der Waals surface area contributed by atoms with Crippen LogP contribution in [0.1, 0.15) is 37.9 Å². The van der Waals surface area contributed by atoms with Crippen LogP contribution in [0.15, 0.2) is 6.20 Å². The van der Waals surface area contributed by atoms with Gasteiger partial charge in [0.2, 0.25) is 0 Å². The Labute approximate surface area is 116 Å². The Hall–Kier alpha value is -2.02. The molecule has 1 aliphatic rings. The first-order valence-corrected chi connectivity index (χ1v) is 6.62. The molecule has 20 heavy (non-hydrogen) atoms. The number of anilines is 2. The lowest BCUT2D eigenvalue weighted by Crippen LogP contribution is -2.29. The molecule has 2 aromatic rings. The van der Waals surface area contributed by atoms with E-state index < -0.39 is 5.82 Å². The van der Waals surface area contributed by atoms with E-state index in [0.29, 0.717) is 24.6 Å². The van der Waals surface area contributed by atoms with Crippen LogP contribution in [0.25, 0.3) is 0 Å². The van der Waals surface area contributed by atoms with Crippen molar-refractivity contribution in [1.82, 2.24) is 25.5 Å². The summed E-state index contributed by atoms with van der Waals surface area (Å²) in [6.45, 7) is 6.76. The van der Waals surface area contributed by atoms with E-state index in [1.807, 2.05) is 6.92 Å². The number of nitrogens with zero attached hydrogens (tertiary/aromatic N) is 3. The van der Waals surface area contributed by atoms with Crippen LogP contribution in [0.5, 0.6) is 0 Å². The molecule has 2 aromatic heterocycles. The Kier molecular flexibility index (Phi) is 2.93. The molecule has 1 aliphatic heterocycles. The van der Waals surface area contributed by atoms with Crippen molar-refractivity contribution in [1.29, 1.82) is 0 Å². The number of halogens is 1. The van der Waals surface area contributed by atoms with Gasteiger partial charge in [-0.25, -0.2) is 14.4 Å². The highest BCUT2D eigenvalue weighted by Gasteiger charge is 2.33. The number of rotatable bonds is 3. The van der Waals surface area contributed by atoms with Gasteiger partial charge in [-0.05, 0) is 13.8 Å². The summed E-state index contributed by atoms with van der Waals surface area (Å²) < 4.78 is 13.8. The van der Waals surface area contributed by atoms with E-state index in [4.69, 9.17) is 0 Å². The summed E-state index contributed by atoms with van der Waals surface area (Å²) in [6.07, 6.45) is 1.84. The first-order valence-electron chi connectivity index (χ1n) is 6.62. The van der Waals surface area contributed by atoms with E-state index >= 15 is 0 Å². The highest BCUT2D eigenvalue weighted by atomic mass is 19.1. The minimum absolute atomic E-state index is 0.152. The summed E-state index contributed by atoms with van der Waals surface area (Å²) in [5.74, 6) is 0.886. The molecule has 0 amide bonds. The molecule has 0 atom stereocenters. The molecule has 3 N–H and O–H groups in total. The van der Waals surface area contributed by atoms with Crippen molar-refractivity contribution in [2.45, 2.75) is 39.3 Å². The number of aryl methyl sites for hydroxylation is 1. The molecule has 0 spiro atoms. The molecule has 3 heterocycles. The minimum Gasteiger partial charge on any atom is -0.321 e. The fraction of sp³-hybridized carbons (Fsp3) is 0.462. The molecule has 0 aromatic carbocycles. The monoisotopic (exact) mass is 276 g/mol. The number of hydrogen-bond acceptors (Lipinski definition) is 5. The highest BCUT2D eigenvalue weighted by molar-refractivity contribution is 5.59. The van der Waals surface area contributed by atoms with Crippen molar-refractivity contribution in [2.24, 2.45) is 0 Å². The summed E-state index contributed by atoms with van der Waals surface area (Å²) >= 11 is 0. The maximum atomic E-state index is 13.8. The predicted molar refractivity (Wildman–Crippen MR) is 73.1 cm³/mol. The van der Waals surface area contributed by atoms with Gasteiger partial charge in [0.05, 0.1) is 17.4 Å². The van der Waals surface area contributed by atoms with E-state index in [1.54, 1.807) is 0 Å². The first-order chi connectivity index (χ1) is 9.51. The van der Waals surface area contributed by atoms with Crippen LogP contribution in [0, 0.1) is 5.82 Å². The van der Waals surface area contributed by atoms with Crippen LogP contribution < -0.4 is 10.6 Å². The van der Waals surface area contributed by atoms with Crippen molar-refractivity contribution in [3.05, 3.63) is 29.1 Å². The van der Waals surface area contributed by atoms with Crippen LogP contribution in [-0.2, 0) is 18.5 Å². The number of nitrogens with one attached hydrogen (secondary N) is 3. The average Bonchev–Trinajstić information content (AvgIpc) is 2.95. The standard InChI is InChI=1S/C13H17FN6/c1-4-9-15-6-8(14)12(17-9)18-11-7-5-16-13(2,3)10(7)19-20-11/h6,16H,4-5H2,1-3H3,(H2,15,17,18,19,20). The Morgan fingerprint density at radius 2 is 2.20 bits per heavy atom. The number of H-pyrrole nitrogens is 1. The van der Waals surface area contributed by atoms with Crippen molar-refractivity contribution in [3.8, 4) is 0 Å². The zero-order chi connectivity index (χ0) is 14.3. The van der Waals surface area contributed by atoms with Crippen molar-refractivity contribution in [2.75, 3.05) is 5.32 Å². The third kappa shape index (κ3) is 2.03. The van der Waals surface area contributed by atoms with Gasteiger partial charge in [-0.2, -0.15) is 5.10 Å². The topological polar surface area (TPSA) is 78.5 Å². The molecule has 0 radical (unpaired) electrons. The molecule has 0 bridgehead atoms. The third-order valence-corrected chi connectivity index (χ3v) is 3.55. The summed E-state index contributed by atoms with van der Waals surface area (Å²) in [5, 5.41) is 13.5. The van der Waals surface area contributed by atoms with Gasteiger partial charge in [0.25, 0.3) is 0 Å². The van der Waals surface area contributed by atoms with E-state index in [9.17, 15) is 4.39 Å². The molecule has 0 aliphatic carbocycles. The van der Waals surface area contributed by atoms with Crippen LogP contribution in [0.4, 0.5) is 16.0 Å². The minimum atomic E-state index is -0.482. The molecule has 0 saturated carbocycles. The SMILES string of the molecule is CCc1ncc(F)c(Nc2n[nH]c3c2CNC3(C)C)n1. The second-order valence-corrected chi connectivity index (χ2v) is 5.37. The predicted octanol–water partition coefficient (Wildman–Crippen LogP) is 1.98. The maximum absolute atomic E-state index is 13.8. The Bertz CT molecular complexity index is 648. The molecular weight excluding hydrogens is 259 g/mol. The average molecular weight is 276 g/mol. The molecule has 0 fully saturated rings. The molecular formula is C13H17FN6. The molecule has 6 nitrogen and oxygen atoms in total. The van der Waals surface area contributed by atoms with Gasteiger partial charge in [-0.3, -0.25) is 5.10 Å². The van der Waals surface area contributed by atoms with Gasteiger partial charge in [0.1, 0.15) is 5.82 Å². The third-order valence-electron chi connectivity index (χ3n) is 3.55. The zero-order valence-electron chi connectivity index (χ0n) is 11.7. The van der Waals surface area contributed by atoms with Gasteiger partial charge < -0.3 is 10.6 Å². The molecule has 0 saturated heterocycles. The fourth-order valence-electron chi connectivity index (χ4n) is 2.33. The summed E-state index contributed by atoms with van der Waals surface area (Å²) in [4.78, 5) is 8.07. The van der Waals surface area contributed by atoms with Gasteiger partial charge in [-0.1, -0.05) is 6.92 Å². The Morgan fingerprint density at radius 3 is 2.95 bits per heavy atom.